The molecule has 3 rings (SSSR count). The molecule has 1 nitrogen and oxygen atoms in total. The van der Waals surface area contributed by atoms with E-state index in [-0.39, 0.29) is 0 Å². The van der Waals surface area contributed by atoms with Gasteiger partial charge in [0.05, 0.1) is 6.10 Å². The first-order chi connectivity index (χ1) is 6.45. The zero-order valence-electron chi connectivity index (χ0n) is 7.70. The van der Waals surface area contributed by atoms with Gasteiger partial charge in [-0.1, -0.05) is 24.3 Å². The molecule has 68 valence electrons. The first kappa shape index (κ1) is 7.57. The molecule has 1 aliphatic heterocycles. The Hall–Kier alpha value is -0.820. The average Bonchev–Trinajstić information content (AvgIpc) is 2.65. The molecule has 0 bridgehead atoms. The first-order valence-electron chi connectivity index (χ1n) is 5.14. The molecule has 0 amide bonds. The highest BCUT2D eigenvalue weighted by Gasteiger charge is 2.33. The van der Waals surface area contributed by atoms with Crippen LogP contribution in [0.2, 0.25) is 0 Å². The second-order valence-electron chi connectivity index (χ2n) is 4.04. The second-order valence-corrected chi connectivity index (χ2v) is 4.04. The lowest BCUT2D eigenvalue weighted by molar-refractivity contribution is 0.0930. The van der Waals surface area contributed by atoms with E-state index < -0.39 is 0 Å². The molecule has 0 unspecified atom stereocenters. The smallest absolute Gasteiger partial charge is 0.0647 e. The number of rotatable bonds is 0. The molecule has 0 N–H and O–H groups in total. The van der Waals surface area contributed by atoms with Crippen LogP contribution >= 0.6 is 0 Å². The fourth-order valence-corrected chi connectivity index (χ4v) is 2.71. The van der Waals surface area contributed by atoms with Gasteiger partial charge >= 0.3 is 0 Å². The first-order valence-corrected chi connectivity index (χ1v) is 5.14. The minimum Gasteiger partial charge on any atom is -0.378 e. The van der Waals surface area contributed by atoms with E-state index in [1.54, 1.807) is 11.1 Å². The van der Waals surface area contributed by atoms with E-state index in [1.165, 1.54) is 19.3 Å². The SMILES string of the molecule is c1ccc2c(c1)CC[C@@H]1OCC[C@H]21. The summed E-state index contributed by atoms with van der Waals surface area (Å²) >= 11 is 0. The fourth-order valence-electron chi connectivity index (χ4n) is 2.71. The summed E-state index contributed by atoms with van der Waals surface area (Å²) in [5.74, 6) is 0.699. The van der Waals surface area contributed by atoms with E-state index in [0.29, 0.717) is 12.0 Å². The highest BCUT2D eigenvalue weighted by molar-refractivity contribution is 5.34. The van der Waals surface area contributed by atoms with Crippen LogP contribution in [0.5, 0.6) is 0 Å². The molecule has 2 atom stereocenters. The molecule has 0 aromatic heterocycles. The summed E-state index contributed by atoms with van der Waals surface area (Å²) in [7, 11) is 0. The quantitative estimate of drug-likeness (QED) is 0.587. The average molecular weight is 174 g/mol. The van der Waals surface area contributed by atoms with Gasteiger partial charge in [0.15, 0.2) is 0 Å². The van der Waals surface area contributed by atoms with Gasteiger partial charge in [0.25, 0.3) is 0 Å². The summed E-state index contributed by atoms with van der Waals surface area (Å²) in [6.45, 7) is 0.962. The molecule has 0 saturated carbocycles. The second kappa shape index (κ2) is 2.85. The molecule has 0 spiro atoms. The largest absolute Gasteiger partial charge is 0.378 e. The Balaban J connectivity index is 2.06. The number of fused-ring (bicyclic) bond motifs is 3. The van der Waals surface area contributed by atoms with Gasteiger partial charge in [0.1, 0.15) is 0 Å². The van der Waals surface area contributed by atoms with Crippen LogP contribution in [0.4, 0.5) is 0 Å². The van der Waals surface area contributed by atoms with Gasteiger partial charge in [-0.05, 0) is 30.4 Å². The van der Waals surface area contributed by atoms with E-state index in [9.17, 15) is 0 Å². The molecule has 13 heavy (non-hydrogen) atoms. The minimum absolute atomic E-state index is 0.523. The van der Waals surface area contributed by atoms with Crippen LogP contribution in [-0.2, 0) is 11.2 Å². The van der Waals surface area contributed by atoms with Crippen LogP contribution in [-0.4, -0.2) is 12.7 Å². The maximum atomic E-state index is 5.71. The maximum Gasteiger partial charge on any atom is 0.0647 e. The monoisotopic (exact) mass is 174 g/mol. The van der Waals surface area contributed by atoms with Gasteiger partial charge < -0.3 is 4.74 Å². The molecule has 1 saturated heterocycles. The third-order valence-electron chi connectivity index (χ3n) is 3.36. The van der Waals surface area contributed by atoms with Crippen molar-refractivity contribution in [3.05, 3.63) is 35.4 Å². The van der Waals surface area contributed by atoms with Gasteiger partial charge in [-0.25, -0.2) is 0 Å². The Morgan fingerprint density at radius 2 is 2.08 bits per heavy atom. The van der Waals surface area contributed by atoms with Crippen LogP contribution in [0.25, 0.3) is 0 Å². The number of benzene rings is 1. The summed E-state index contributed by atoms with van der Waals surface area (Å²) in [5.41, 5.74) is 3.10. The van der Waals surface area contributed by atoms with Crippen LogP contribution in [0.3, 0.4) is 0 Å². The van der Waals surface area contributed by atoms with Crippen LogP contribution in [0.1, 0.15) is 29.9 Å². The maximum absolute atomic E-state index is 5.71. The van der Waals surface area contributed by atoms with Crippen molar-refractivity contribution in [1.29, 1.82) is 0 Å². The molecular formula is C12H14O. The van der Waals surface area contributed by atoms with Gasteiger partial charge in [-0.2, -0.15) is 0 Å². The third-order valence-corrected chi connectivity index (χ3v) is 3.36. The van der Waals surface area contributed by atoms with Crippen molar-refractivity contribution in [3.8, 4) is 0 Å². The van der Waals surface area contributed by atoms with E-state index >= 15 is 0 Å². The topological polar surface area (TPSA) is 9.23 Å². The van der Waals surface area contributed by atoms with E-state index in [1.807, 2.05) is 0 Å². The molecule has 2 aliphatic rings. The van der Waals surface area contributed by atoms with Crippen molar-refractivity contribution in [2.24, 2.45) is 0 Å². The van der Waals surface area contributed by atoms with Crippen molar-refractivity contribution < 1.29 is 4.74 Å². The fraction of sp³-hybridized carbons (Fsp3) is 0.500. The van der Waals surface area contributed by atoms with Gasteiger partial charge in [-0.3, -0.25) is 0 Å². The molecule has 1 aliphatic carbocycles. The summed E-state index contributed by atoms with van der Waals surface area (Å²) in [5, 5.41) is 0. The predicted molar refractivity (Wildman–Crippen MR) is 51.9 cm³/mol. The van der Waals surface area contributed by atoms with Crippen molar-refractivity contribution in [1.82, 2.24) is 0 Å². The van der Waals surface area contributed by atoms with Crippen molar-refractivity contribution >= 4 is 0 Å². The molecular weight excluding hydrogens is 160 g/mol. The molecule has 0 radical (unpaired) electrons. The molecule has 1 fully saturated rings. The highest BCUT2D eigenvalue weighted by atomic mass is 16.5. The third kappa shape index (κ3) is 1.11. The van der Waals surface area contributed by atoms with Gasteiger partial charge in [0.2, 0.25) is 0 Å². The van der Waals surface area contributed by atoms with E-state index in [4.69, 9.17) is 4.74 Å². The number of hydrogen-bond donors (Lipinski definition) is 0. The summed E-state index contributed by atoms with van der Waals surface area (Å²) in [6, 6.07) is 8.85. The van der Waals surface area contributed by atoms with E-state index in [2.05, 4.69) is 24.3 Å². The molecule has 1 heteroatoms. The molecule has 1 heterocycles. The summed E-state index contributed by atoms with van der Waals surface area (Å²) in [6.07, 6.45) is 4.18. The standard InChI is InChI=1S/C12H14O/c1-2-4-10-9(3-1)5-6-12-11(10)7-8-13-12/h1-4,11-12H,5-8H2/t11-,12+/m1/s1. The number of aryl methyl sites for hydroxylation is 1. The van der Waals surface area contributed by atoms with Crippen LogP contribution in [0.15, 0.2) is 24.3 Å². The molecule has 1 aromatic rings. The normalized spacial score (nSPS) is 31.1. The Labute approximate surface area is 78.7 Å². The van der Waals surface area contributed by atoms with Crippen LogP contribution < -0.4 is 0 Å². The number of ether oxygens (including phenoxy) is 1. The lowest BCUT2D eigenvalue weighted by Gasteiger charge is -2.26. The van der Waals surface area contributed by atoms with Crippen molar-refractivity contribution in [3.63, 3.8) is 0 Å². The zero-order valence-corrected chi connectivity index (χ0v) is 7.70. The van der Waals surface area contributed by atoms with Crippen molar-refractivity contribution in [2.45, 2.75) is 31.3 Å². The van der Waals surface area contributed by atoms with Gasteiger partial charge in [-0.15, -0.1) is 0 Å². The summed E-state index contributed by atoms with van der Waals surface area (Å²) in [4.78, 5) is 0. The Morgan fingerprint density at radius 1 is 1.15 bits per heavy atom. The Bertz CT molecular complexity index is 319. The lowest BCUT2D eigenvalue weighted by Crippen LogP contribution is -2.21. The Kier molecular flexibility index (Phi) is 1.66. The number of hydrogen-bond acceptors (Lipinski definition) is 1. The predicted octanol–water partition coefficient (Wildman–Crippen LogP) is 2.51. The Morgan fingerprint density at radius 3 is 3.08 bits per heavy atom. The van der Waals surface area contributed by atoms with Crippen LogP contribution in [0, 0.1) is 0 Å². The molecule has 1 aromatic carbocycles. The lowest BCUT2D eigenvalue weighted by atomic mass is 9.80. The van der Waals surface area contributed by atoms with Gasteiger partial charge in [0, 0.05) is 12.5 Å². The minimum atomic E-state index is 0.523. The zero-order chi connectivity index (χ0) is 8.67. The van der Waals surface area contributed by atoms with Crippen molar-refractivity contribution in [2.75, 3.05) is 6.61 Å². The highest BCUT2D eigenvalue weighted by Crippen LogP contribution is 2.39. The van der Waals surface area contributed by atoms with E-state index in [0.717, 1.165) is 6.61 Å². The summed E-state index contributed by atoms with van der Waals surface area (Å²) < 4.78 is 5.71.